The predicted molar refractivity (Wildman–Crippen MR) is 89.5 cm³/mol. The van der Waals surface area contributed by atoms with Gasteiger partial charge in [0.25, 0.3) is 5.91 Å². The topological polar surface area (TPSA) is 114 Å². The van der Waals surface area contributed by atoms with Gasteiger partial charge in [-0.2, -0.15) is 4.98 Å². The lowest BCUT2D eigenvalue weighted by Gasteiger charge is -2.14. The van der Waals surface area contributed by atoms with E-state index < -0.39 is 30.0 Å². The number of carbonyl (C=O) groups excluding carboxylic acids is 1. The molecule has 1 aliphatic rings. The smallest absolute Gasteiger partial charge is 0.351 e. The predicted octanol–water partition coefficient (Wildman–Crippen LogP) is 0.790. The van der Waals surface area contributed by atoms with Gasteiger partial charge in [-0.05, 0) is 30.3 Å². The summed E-state index contributed by atoms with van der Waals surface area (Å²) in [6.45, 7) is -0.338. The molecule has 1 amide bonds. The number of amides is 1. The van der Waals surface area contributed by atoms with Crippen LogP contribution in [0.25, 0.3) is 0 Å². The Morgan fingerprint density at radius 3 is 2.68 bits per heavy atom. The van der Waals surface area contributed by atoms with Gasteiger partial charge in [-0.3, -0.25) is 9.36 Å². The molecule has 3 rings (SSSR count). The Balaban J connectivity index is 1.73. The minimum atomic E-state index is -0.855. The van der Waals surface area contributed by atoms with Crippen molar-refractivity contribution in [2.75, 3.05) is 11.9 Å². The van der Waals surface area contributed by atoms with Crippen molar-refractivity contribution in [3.8, 4) is 0 Å². The first-order valence-corrected chi connectivity index (χ1v) is 7.96. The molecule has 2 heterocycles. The molecule has 132 valence electrons. The molecule has 0 unspecified atom stereocenters. The summed E-state index contributed by atoms with van der Waals surface area (Å²) in [4.78, 5) is 28.1. The largest absolute Gasteiger partial charge is 0.394 e. The Morgan fingerprint density at radius 2 is 2.08 bits per heavy atom. The Hall–Kier alpha value is -2.26. The second-order valence-corrected chi connectivity index (χ2v) is 6.01. The van der Waals surface area contributed by atoms with Crippen molar-refractivity contribution in [1.82, 2.24) is 9.55 Å². The van der Waals surface area contributed by atoms with Gasteiger partial charge in [-0.15, -0.1) is 0 Å². The van der Waals surface area contributed by atoms with E-state index in [0.717, 1.165) is 0 Å². The van der Waals surface area contributed by atoms with Crippen LogP contribution in [0.5, 0.6) is 0 Å². The summed E-state index contributed by atoms with van der Waals surface area (Å²) in [6.07, 6.45) is -0.715. The van der Waals surface area contributed by atoms with Crippen LogP contribution in [-0.2, 0) is 4.74 Å². The third kappa shape index (κ3) is 3.88. The summed E-state index contributed by atoms with van der Waals surface area (Å²) in [5.41, 5.74) is -0.256. The number of rotatable bonds is 4. The van der Waals surface area contributed by atoms with Gasteiger partial charge in [0.2, 0.25) is 0 Å². The number of nitrogens with zero attached hydrogens (tertiary/aromatic N) is 2. The zero-order valence-corrected chi connectivity index (χ0v) is 13.8. The number of hydrogen-bond donors (Lipinski definition) is 3. The fourth-order valence-corrected chi connectivity index (χ4v) is 2.67. The van der Waals surface area contributed by atoms with Crippen molar-refractivity contribution >= 4 is 23.3 Å². The Morgan fingerprint density at radius 1 is 1.36 bits per heavy atom. The van der Waals surface area contributed by atoms with Gasteiger partial charge in [0.15, 0.2) is 0 Å². The zero-order chi connectivity index (χ0) is 18.0. The second-order valence-electron chi connectivity index (χ2n) is 5.58. The number of carbonyl (C=O) groups is 1. The van der Waals surface area contributed by atoms with Crippen LogP contribution in [0.2, 0.25) is 5.02 Å². The molecular formula is C16H16ClN3O5. The van der Waals surface area contributed by atoms with Crippen molar-refractivity contribution in [3.63, 3.8) is 0 Å². The summed E-state index contributed by atoms with van der Waals surface area (Å²) >= 11 is 5.77. The molecule has 2 aromatic rings. The van der Waals surface area contributed by atoms with E-state index in [-0.39, 0.29) is 18.8 Å². The molecule has 25 heavy (non-hydrogen) atoms. The molecule has 0 radical (unpaired) electrons. The molecule has 1 saturated heterocycles. The van der Waals surface area contributed by atoms with Crippen LogP contribution >= 0.6 is 11.6 Å². The average Bonchev–Trinajstić information content (AvgIpc) is 2.96. The van der Waals surface area contributed by atoms with Crippen molar-refractivity contribution < 1.29 is 19.7 Å². The molecule has 1 aromatic heterocycles. The first kappa shape index (κ1) is 17.6. The Kier molecular flexibility index (Phi) is 5.14. The molecule has 1 aromatic carbocycles. The van der Waals surface area contributed by atoms with Crippen LogP contribution in [0, 0.1) is 0 Å². The SMILES string of the molecule is O=C(Nc1ccn([C@H]2C[C@H](O)[C@@H](CO)O2)c(=O)n1)c1ccc(Cl)cc1. The number of ether oxygens (including phenoxy) is 1. The zero-order valence-electron chi connectivity index (χ0n) is 13.0. The van der Waals surface area contributed by atoms with Crippen LogP contribution in [0.15, 0.2) is 41.3 Å². The van der Waals surface area contributed by atoms with E-state index in [1.54, 1.807) is 24.3 Å². The number of hydrogen-bond acceptors (Lipinski definition) is 6. The van der Waals surface area contributed by atoms with E-state index in [9.17, 15) is 14.7 Å². The minimum Gasteiger partial charge on any atom is -0.394 e. The van der Waals surface area contributed by atoms with Crippen molar-refractivity contribution in [2.24, 2.45) is 0 Å². The quantitative estimate of drug-likeness (QED) is 0.738. The van der Waals surface area contributed by atoms with Gasteiger partial charge in [0.05, 0.1) is 12.7 Å². The van der Waals surface area contributed by atoms with E-state index in [1.165, 1.54) is 16.8 Å². The summed E-state index contributed by atoms with van der Waals surface area (Å²) in [6, 6.07) is 7.74. The van der Waals surface area contributed by atoms with E-state index >= 15 is 0 Å². The van der Waals surface area contributed by atoms with Crippen LogP contribution in [0.3, 0.4) is 0 Å². The van der Waals surface area contributed by atoms with Gasteiger partial charge in [-0.1, -0.05) is 11.6 Å². The summed E-state index contributed by atoms with van der Waals surface area (Å²) in [7, 11) is 0. The third-order valence-corrected chi connectivity index (χ3v) is 4.12. The number of nitrogens with one attached hydrogen (secondary N) is 1. The maximum Gasteiger partial charge on any atom is 0.351 e. The molecule has 3 N–H and O–H groups in total. The van der Waals surface area contributed by atoms with Crippen LogP contribution in [-0.4, -0.2) is 44.5 Å². The fraction of sp³-hybridized carbons (Fsp3) is 0.312. The first-order valence-electron chi connectivity index (χ1n) is 7.58. The first-order chi connectivity index (χ1) is 12.0. The summed E-state index contributed by atoms with van der Waals surface area (Å²) in [5.74, 6) is -0.326. The number of anilines is 1. The monoisotopic (exact) mass is 365 g/mol. The molecule has 0 spiro atoms. The lowest BCUT2D eigenvalue weighted by Crippen LogP contribution is -2.28. The highest BCUT2D eigenvalue weighted by Gasteiger charge is 2.34. The lowest BCUT2D eigenvalue weighted by molar-refractivity contribution is -0.0458. The highest BCUT2D eigenvalue weighted by Crippen LogP contribution is 2.27. The molecule has 1 fully saturated rings. The van der Waals surface area contributed by atoms with E-state index in [0.29, 0.717) is 10.6 Å². The molecule has 3 atom stereocenters. The Labute approximate surface area is 147 Å². The van der Waals surface area contributed by atoms with Gasteiger partial charge in [-0.25, -0.2) is 4.79 Å². The van der Waals surface area contributed by atoms with E-state index in [4.69, 9.17) is 21.4 Å². The number of benzene rings is 1. The standard InChI is InChI=1S/C16H16ClN3O5/c17-10-3-1-9(2-4-10)15(23)18-13-5-6-20(16(24)19-13)14-7-11(22)12(8-21)25-14/h1-6,11-12,14,21-22H,7-8H2,(H,18,19,23,24)/t11-,12+,14+/m0/s1. The minimum absolute atomic E-state index is 0.0958. The summed E-state index contributed by atoms with van der Waals surface area (Å²) in [5, 5.41) is 21.9. The number of aliphatic hydroxyl groups is 2. The average molecular weight is 366 g/mol. The van der Waals surface area contributed by atoms with Gasteiger partial charge in [0, 0.05) is 23.2 Å². The normalized spacial score (nSPS) is 22.8. The molecule has 1 aliphatic heterocycles. The molecule has 0 bridgehead atoms. The molecule has 0 saturated carbocycles. The number of halogens is 1. The fourth-order valence-electron chi connectivity index (χ4n) is 2.54. The summed E-state index contributed by atoms with van der Waals surface area (Å²) < 4.78 is 6.62. The van der Waals surface area contributed by atoms with Crippen LogP contribution in [0.4, 0.5) is 5.82 Å². The third-order valence-electron chi connectivity index (χ3n) is 3.87. The highest BCUT2D eigenvalue weighted by molar-refractivity contribution is 6.30. The maximum atomic E-state index is 12.2. The van der Waals surface area contributed by atoms with Gasteiger partial charge < -0.3 is 20.3 Å². The number of aromatic nitrogens is 2. The maximum absolute atomic E-state index is 12.2. The highest BCUT2D eigenvalue weighted by atomic mass is 35.5. The van der Waals surface area contributed by atoms with Crippen molar-refractivity contribution in [2.45, 2.75) is 24.9 Å². The van der Waals surface area contributed by atoms with Crippen molar-refractivity contribution in [3.05, 3.63) is 57.6 Å². The van der Waals surface area contributed by atoms with Crippen LogP contribution < -0.4 is 11.0 Å². The molecule has 8 nitrogen and oxygen atoms in total. The van der Waals surface area contributed by atoms with Crippen LogP contribution in [0.1, 0.15) is 23.0 Å². The lowest BCUT2D eigenvalue weighted by atomic mass is 10.2. The van der Waals surface area contributed by atoms with Gasteiger partial charge >= 0.3 is 5.69 Å². The van der Waals surface area contributed by atoms with E-state index in [1.807, 2.05) is 0 Å². The van der Waals surface area contributed by atoms with E-state index in [2.05, 4.69) is 10.3 Å². The van der Waals surface area contributed by atoms with Crippen molar-refractivity contribution in [1.29, 1.82) is 0 Å². The Bertz CT molecular complexity index is 823. The molecule has 0 aliphatic carbocycles. The molecular weight excluding hydrogens is 350 g/mol. The molecule has 9 heteroatoms. The second kappa shape index (κ2) is 7.32. The van der Waals surface area contributed by atoms with Gasteiger partial charge in [0.1, 0.15) is 18.1 Å². The number of aliphatic hydroxyl groups excluding tert-OH is 2.